The molecule has 0 radical (unpaired) electrons. The van der Waals surface area contributed by atoms with Gasteiger partial charge in [0.2, 0.25) is 0 Å². The number of aliphatic hydroxyl groups is 1. The molecule has 2 rings (SSSR count). The van der Waals surface area contributed by atoms with Crippen LogP contribution in [0.2, 0.25) is 0 Å². The van der Waals surface area contributed by atoms with Crippen LogP contribution in [0.4, 0.5) is 0 Å². The highest BCUT2D eigenvalue weighted by Gasteiger charge is 2.43. The summed E-state index contributed by atoms with van der Waals surface area (Å²) in [5.41, 5.74) is 7.34. The first-order valence-corrected chi connectivity index (χ1v) is 28.3. The van der Waals surface area contributed by atoms with Gasteiger partial charge in [-0.1, -0.05) is 19.7 Å². The number of nitrogens with two attached hydrogens (primary N) is 1. The fourth-order valence-electron chi connectivity index (χ4n) is 6.44. The van der Waals surface area contributed by atoms with Crippen molar-refractivity contribution in [2.24, 2.45) is 38.2 Å². The molecular formula is C61H106N4O21. The third kappa shape index (κ3) is 41.9. The molecule has 0 aliphatic carbocycles. The molecule has 0 spiro atoms. The van der Waals surface area contributed by atoms with E-state index in [0.717, 1.165) is 13.1 Å². The number of aliphatic hydroxyl groups excluding tert-OH is 1. The molecule has 2 aliphatic rings. The molecule has 0 aromatic heterocycles. The standard InChI is InChI=1S/C23H46N4O7.C19H32O7.C10H14O4.C7H10O3.C2H4/c1-21(2,3)18(29)32-12-13-33-19(30)22(4,5)16-23(6,7)20(31)34-15-17(28)14-27-26-11-10-25-9-8-24;1-17(2,3)14(20)23-8-9-24-15(21)18(4,5)12-19(6,7)16(22)26-11-13-10-25-13;1-7(2)9(11)13-5-6-14-10(12)8(3)4;1-5(2)7(8)10-4-6-3-9-6;1-2/h17,25-28H,8-16,24H2,1-7H3;13H,8-12H2,1-7H3;1,3,5-6H2,2,4H3;6H,1,3-4H2,2H3;1-2H2. The van der Waals surface area contributed by atoms with E-state index in [1.54, 1.807) is 118 Å². The molecule has 2 heterocycles. The van der Waals surface area contributed by atoms with Crippen LogP contribution in [-0.4, -0.2) is 183 Å². The zero-order chi connectivity index (χ0) is 67.3. The summed E-state index contributed by atoms with van der Waals surface area (Å²) >= 11 is 0. The van der Waals surface area contributed by atoms with Crippen LogP contribution in [0, 0.1) is 32.5 Å². The van der Waals surface area contributed by atoms with Gasteiger partial charge < -0.3 is 68.3 Å². The van der Waals surface area contributed by atoms with Gasteiger partial charge in [0.15, 0.2) is 0 Å². The molecule has 0 saturated carbocycles. The Kier molecular flexibility index (Phi) is 41.0. The smallest absolute Gasteiger partial charge is 0.333 e. The lowest BCUT2D eigenvalue weighted by molar-refractivity contribution is -0.167. The summed E-state index contributed by atoms with van der Waals surface area (Å²) in [5, 5.41) is 13.1. The van der Waals surface area contributed by atoms with Crippen molar-refractivity contribution in [2.75, 3.05) is 105 Å². The van der Waals surface area contributed by atoms with E-state index in [9.17, 15) is 48.3 Å². The molecule has 3 atom stereocenters. The minimum atomic E-state index is -0.985. The lowest BCUT2D eigenvalue weighted by atomic mass is 9.75. The summed E-state index contributed by atoms with van der Waals surface area (Å²) in [5.74, 6) is -3.88. The van der Waals surface area contributed by atoms with E-state index in [1.165, 1.54) is 0 Å². The molecule has 0 aromatic carbocycles. The number of hydrogen-bond donors (Lipinski definition) is 5. The molecule has 25 nitrogen and oxygen atoms in total. The number of nitrogens with one attached hydrogen (secondary N) is 3. The van der Waals surface area contributed by atoms with Crippen LogP contribution < -0.4 is 21.9 Å². The van der Waals surface area contributed by atoms with Crippen molar-refractivity contribution in [3.63, 3.8) is 0 Å². The summed E-state index contributed by atoms with van der Waals surface area (Å²) < 4.78 is 55.1. The highest BCUT2D eigenvalue weighted by Crippen LogP contribution is 2.37. The number of esters is 9. The zero-order valence-corrected chi connectivity index (χ0v) is 54.7. The minimum absolute atomic E-state index is 0.00327. The van der Waals surface area contributed by atoms with Crippen molar-refractivity contribution < 1.29 is 100 Å². The maximum atomic E-state index is 12.6. The van der Waals surface area contributed by atoms with E-state index in [1.807, 2.05) is 0 Å². The van der Waals surface area contributed by atoms with Crippen molar-refractivity contribution in [2.45, 2.75) is 149 Å². The predicted molar refractivity (Wildman–Crippen MR) is 321 cm³/mol. The Hall–Kier alpha value is -6.09. The lowest BCUT2D eigenvalue weighted by Crippen LogP contribution is -2.43. The number of carbonyl (C=O) groups is 9. The van der Waals surface area contributed by atoms with E-state index in [2.05, 4.69) is 58.5 Å². The molecule has 86 heavy (non-hydrogen) atoms. The predicted octanol–water partition coefficient (Wildman–Crippen LogP) is 5.14. The Balaban J connectivity index is -0.00000116. The summed E-state index contributed by atoms with van der Waals surface area (Å²) in [6.45, 7) is 49.6. The molecule has 0 amide bonds. The Morgan fingerprint density at radius 2 is 0.767 bits per heavy atom. The average Bonchev–Trinajstić information content (AvgIpc) is 3.54. The second kappa shape index (κ2) is 41.9. The van der Waals surface area contributed by atoms with E-state index >= 15 is 0 Å². The summed E-state index contributed by atoms with van der Waals surface area (Å²) in [6.07, 6.45) is -0.305. The molecule has 2 fully saturated rings. The Bertz CT molecular complexity index is 2140. The third-order valence-electron chi connectivity index (χ3n) is 11.1. The number of rotatable bonds is 34. The first-order valence-electron chi connectivity index (χ1n) is 28.3. The fraction of sp³-hybridized carbons (Fsp3) is 0.721. The maximum Gasteiger partial charge on any atom is 0.333 e. The van der Waals surface area contributed by atoms with Crippen molar-refractivity contribution >= 4 is 53.7 Å². The van der Waals surface area contributed by atoms with Gasteiger partial charge in [-0.25, -0.2) is 14.4 Å². The Morgan fingerprint density at radius 3 is 1.09 bits per heavy atom. The third-order valence-corrected chi connectivity index (χ3v) is 11.1. The van der Waals surface area contributed by atoms with E-state index in [0.29, 0.717) is 49.6 Å². The monoisotopic (exact) mass is 1230 g/mol. The van der Waals surface area contributed by atoms with E-state index in [-0.39, 0.29) is 108 Å². The van der Waals surface area contributed by atoms with Gasteiger partial charge in [-0.3, -0.25) is 39.6 Å². The summed E-state index contributed by atoms with van der Waals surface area (Å²) in [4.78, 5) is 105. The molecule has 2 saturated heterocycles. The van der Waals surface area contributed by atoms with Gasteiger partial charge in [-0.2, -0.15) is 0 Å². The Morgan fingerprint density at radius 1 is 0.465 bits per heavy atom. The van der Waals surface area contributed by atoms with Gasteiger partial charge >= 0.3 is 53.7 Å². The van der Waals surface area contributed by atoms with Crippen molar-refractivity contribution in [1.82, 2.24) is 16.2 Å². The topological polar surface area (TPSA) is 344 Å². The van der Waals surface area contributed by atoms with Gasteiger partial charge in [-0.05, 0) is 131 Å². The molecule has 0 aromatic rings. The van der Waals surface area contributed by atoms with E-state index in [4.69, 9.17) is 48.4 Å². The van der Waals surface area contributed by atoms with Gasteiger partial charge in [0.25, 0.3) is 0 Å². The number of hydrazine groups is 1. The first kappa shape index (κ1) is 84.1. The number of ether oxygens (including phenoxy) is 11. The van der Waals surface area contributed by atoms with Gasteiger partial charge in [0.05, 0.1) is 45.7 Å². The van der Waals surface area contributed by atoms with Crippen LogP contribution >= 0.6 is 0 Å². The highest BCUT2D eigenvalue weighted by atomic mass is 16.6. The van der Waals surface area contributed by atoms with Gasteiger partial charge in [0, 0.05) is 49.4 Å². The number of hydrogen-bond acceptors (Lipinski definition) is 25. The van der Waals surface area contributed by atoms with Crippen LogP contribution in [0.25, 0.3) is 0 Å². The average molecular weight is 1230 g/mol. The van der Waals surface area contributed by atoms with Crippen molar-refractivity contribution in [3.05, 3.63) is 49.6 Å². The van der Waals surface area contributed by atoms with Crippen LogP contribution in [0.15, 0.2) is 49.6 Å². The maximum absolute atomic E-state index is 12.6. The summed E-state index contributed by atoms with van der Waals surface area (Å²) in [7, 11) is 0. The van der Waals surface area contributed by atoms with Crippen LogP contribution in [0.5, 0.6) is 0 Å². The molecule has 3 unspecified atom stereocenters. The van der Waals surface area contributed by atoms with Gasteiger partial charge in [0.1, 0.15) is 77.8 Å². The van der Waals surface area contributed by atoms with Crippen LogP contribution in [-0.2, 0) is 95.3 Å². The quantitative estimate of drug-likeness (QED) is 0.0106. The largest absolute Gasteiger partial charge is 0.462 e. The molecular weight excluding hydrogens is 1120 g/mol. The Labute approximate surface area is 510 Å². The first-order chi connectivity index (χ1) is 39.5. The molecule has 25 heteroatoms. The molecule has 496 valence electrons. The number of epoxide rings is 2. The second-order valence-corrected chi connectivity index (χ2v) is 24.8. The second-order valence-electron chi connectivity index (χ2n) is 24.8. The molecule has 0 bridgehead atoms. The SMILES string of the molecule is C=C.C=C(C)C(=O)OCC1CO1.C=C(C)C(=O)OCCOC(=O)C(=C)C.CC(C)(C)C(=O)OCCOC(=O)C(C)(C)CC(C)(C)C(=O)OCC(O)CNNCCNCCN.CC(C)(C)C(=O)OCCOC(=O)C(C)(C)CC(C)(C)C(=O)OCC1CO1. The van der Waals surface area contributed by atoms with Crippen molar-refractivity contribution in [1.29, 1.82) is 0 Å². The molecule has 6 N–H and O–H groups in total. The zero-order valence-electron chi connectivity index (χ0n) is 54.7. The normalized spacial score (nSPS) is 14.6. The van der Waals surface area contributed by atoms with Crippen LogP contribution in [0.1, 0.15) is 131 Å². The van der Waals surface area contributed by atoms with Crippen molar-refractivity contribution in [3.8, 4) is 0 Å². The van der Waals surface area contributed by atoms with Crippen LogP contribution in [0.3, 0.4) is 0 Å². The van der Waals surface area contributed by atoms with Gasteiger partial charge in [-0.15, -0.1) is 13.2 Å². The summed E-state index contributed by atoms with van der Waals surface area (Å²) in [6, 6.07) is 0. The van der Waals surface area contributed by atoms with E-state index < -0.39 is 68.4 Å². The lowest BCUT2D eigenvalue weighted by Gasteiger charge is -2.31. The molecule has 2 aliphatic heterocycles. The minimum Gasteiger partial charge on any atom is -0.462 e. The number of carbonyl (C=O) groups excluding carboxylic acids is 9. The fourth-order valence-corrected chi connectivity index (χ4v) is 6.44. The highest BCUT2D eigenvalue weighted by molar-refractivity contribution is 5.88.